The molecule has 5 heteroatoms. The first-order valence-corrected chi connectivity index (χ1v) is 6.93. The van der Waals surface area contributed by atoms with E-state index in [4.69, 9.17) is 9.84 Å². The minimum absolute atomic E-state index is 0.0600. The van der Waals surface area contributed by atoms with Gasteiger partial charge in [0.2, 0.25) is 0 Å². The second-order valence-corrected chi connectivity index (χ2v) is 4.72. The highest BCUT2D eigenvalue weighted by Gasteiger charge is 2.10. The van der Waals surface area contributed by atoms with Crippen LogP contribution in [-0.4, -0.2) is 23.6 Å². The van der Waals surface area contributed by atoms with Crippen LogP contribution in [0, 0.1) is 0 Å². The van der Waals surface area contributed by atoms with Crippen molar-refractivity contribution >= 4 is 17.6 Å². The second kappa shape index (κ2) is 7.26. The van der Waals surface area contributed by atoms with Gasteiger partial charge in [0.1, 0.15) is 5.75 Å². The maximum Gasteiger partial charge on any atom is 0.338 e. The van der Waals surface area contributed by atoms with E-state index in [1.54, 1.807) is 12.1 Å². The van der Waals surface area contributed by atoms with E-state index in [0.29, 0.717) is 5.69 Å². The van der Waals surface area contributed by atoms with Gasteiger partial charge in [-0.05, 0) is 48.4 Å². The van der Waals surface area contributed by atoms with E-state index < -0.39 is 11.9 Å². The van der Waals surface area contributed by atoms with Crippen molar-refractivity contribution < 1.29 is 19.4 Å². The Morgan fingerprint density at radius 2 is 1.68 bits per heavy atom. The highest BCUT2D eigenvalue weighted by molar-refractivity contribution is 5.95. The number of hydrogen-bond donors (Lipinski definition) is 2. The van der Waals surface area contributed by atoms with Crippen LogP contribution in [0.3, 0.4) is 0 Å². The summed E-state index contributed by atoms with van der Waals surface area (Å²) in [7, 11) is 0. The SMILES string of the molecule is CCc1ccc(NC(=O)COC(=O)c2ccc(O)cc2)cc1. The Kier molecular flexibility index (Phi) is 5.14. The van der Waals surface area contributed by atoms with E-state index in [9.17, 15) is 9.59 Å². The number of ether oxygens (including phenoxy) is 1. The van der Waals surface area contributed by atoms with Crippen molar-refractivity contribution in [3.05, 3.63) is 59.7 Å². The molecule has 5 nitrogen and oxygen atoms in total. The predicted molar refractivity (Wildman–Crippen MR) is 82.8 cm³/mol. The van der Waals surface area contributed by atoms with Gasteiger partial charge in [0.15, 0.2) is 6.61 Å². The summed E-state index contributed by atoms with van der Waals surface area (Å²) < 4.78 is 4.91. The number of benzene rings is 2. The number of anilines is 1. The summed E-state index contributed by atoms with van der Waals surface area (Å²) in [5.41, 5.74) is 2.11. The number of aromatic hydroxyl groups is 1. The number of nitrogens with one attached hydrogen (secondary N) is 1. The van der Waals surface area contributed by atoms with Gasteiger partial charge in [-0.1, -0.05) is 19.1 Å². The lowest BCUT2D eigenvalue weighted by Gasteiger charge is -2.07. The van der Waals surface area contributed by atoms with Crippen LogP contribution < -0.4 is 5.32 Å². The molecule has 22 heavy (non-hydrogen) atoms. The highest BCUT2D eigenvalue weighted by Crippen LogP contribution is 2.11. The average molecular weight is 299 g/mol. The molecule has 0 aliphatic rings. The molecular formula is C17H17NO4. The standard InChI is InChI=1S/C17H17NO4/c1-2-12-3-7-14(8-4-12)18-16(20)11-22-17(21)13-5-9-15(19)10-6-13/h3-10,19H,2,11H2,1H3,(H,18,20). The van der Waals surface area contributed by atoms with E-state index in [2.05, 4.69) is 12.2 Å². The molecule has 0 bridgehead atoms. The second-order valence-electron chi connectivity index (χ2n) is 4.72. The molecule has 0 aliphatic heterocycles. The van der Waals surface area contributed by atoms with Crippen molar-refractivity contribution in [1.82, 2.24) is 0 Å². The number of aryl methyl sites for hydroxylation is 1. The summed E-state index contributed by atoms with van der Waals surface area (Å²) in [6.07, 6.45) is 0.929. The van der Waals surface area contributed by atoms with E-state index >= 15 is 0 Å². The first-order chi connectivity index (χ1) is 10.6. The van der Waals surface area contributed by atoms with Crippen LogP contribution in [0.4, 0.5) is 5.69 Å². The smallest absolute Gasteiger partial charge is 0.338 e. The van der Waals surface area contributed by atoms with E-state index in [0.717, 1.165) is 6.42 Å². The fourth-order valence-corrected chi connectivity index (χ4v) is 1.83. The molecule has 0 fully saturated rings. The fourth-order valence-electron chi connectivity index (χ4n) is 1.83. The fraction of sp³-hybridized carbons (Fsp3) is 0.176. The highest BCUT2D eigenvalue weighted by atomic mass is 16.5. The molecule has 0 aromatic heterocycles. The molecule has 0 spiro atoms. The lowest BCUT2D eigenvalue weighted by atomic mass is 10.1. The first-order valence-electron chi connectivity index (χ1n) is 6.93. The van der Waals surface area contributed by atoms with Gasteiger partial charge in [-0.15, -0.1) is 0 Å². The molecule has 0 saturated heterocycles. The van der Waals surface area contributed by atoms with Crippen LogP contribution in [0.5, 0.6) is 5.75 Å². The monoisotopic (exact) mass is 299 g/mol. The Hall–Kier alpha value is -2.82. The molecule has 0 heterocycles. The normalized spacial score (nSPS) is 10.0. The molecule has 1 amide bonds. The zero-order valence-corrected chi connectivity index (χ0v) is 12.2. The number of amides is 1. The molecule has 0 saturated carbocycles. The number of esters is 1. The van der Waals surface area contributed by atoms with Crippen molar-refractivity contribution in [1.29, 1.82) is 0 Å². The number of phenolic OH excluding ortho intramolecular Hbond substituents is 1. The summed E-state index contributed by atoms with van der Waals surface area (Å²) in [5, 5.41) is 11.8. The third-order valence-electron chi connectivity index (χ3n) is 3.08. The minimum atomic E-state index is -0.614. The van der Waals surface area contributed by atoms with Gasteiger partial charge in [-0.3, -0.25) is 4.79 Å². The summed E-state index contributed by atoms with van der Waals surface area (Å²) in [6.45, 7) is 1.69. The summed E-state index contributed by atoms with van der Waals surface area (Å²) in [4.78, 5) is 23.4. The first kappa shape index (κ1) is 15.6. The topological polar surface area (TPSA) is 75.6 Å². The molecule has 0 aliphatic carbocycles. The Bertz CT molecular complexity index is 647. The van der Waals surface area contributed by atoms with Gasteiger partial charge >= 0.3 is 5.97 Å². The van der Waals surface area contributed by atoms with Crippen molar-refractivity contribution in [3.63, 3.8) is 0 Å². The van der Waals surface area contributed by atoms with Crippen LogP contribution in [-0.2, 0) is 16.0 Å². The number of phenols is 1. The van der Waals surface area contributed by atoms with Crippen LogP contribution in [0.1, 0.15) is 22.8 Å². The van der Waals surface area contributed by atoms with Crippen molar-refractivity contribution in [2.24, 2.45) is 0 Å². The predicted octanol–water partition coefficient (Wildman–Crippen LogP) is 2.75. The summed E-state index contributed by atoms with van der Waals surface area (Å²) in [5.74, 6) is -0.960. The van der Waals surface area contributed by atoms with Gasteiger partial charge < -0.3 is 15.2 Å². The Morgan fingerprint density at radius 3 is 2.27 bits per heavy atom. The zero-order valence-electron chi connectivity index (χ0n) is 12.2. The van der Waals surface area contributed by atoms with Crippen molar-refractivity contribution in [2.45, 2.75) is 13.3 Å². The summed E-state index contributed by atoms with van der Waals surface area (Å²) >= 11 is 0. The van der Waals surface area contributed by atoms with Crippen molar-refractivity contribution in [3.8, 4) is 5.75 Å². The molecule has 0 radical (unpaired) electrons. The lowest BCUT2D eigenvalue weighted by Crippen LogP contribution is -2.20. The zero-order chi connectivity index (χ0) is 15.9. The maximum atomic E-state index is 11.7. The van der Waals surface area contributed by atoms with Crippen LogP contribution in [0.25, 0.3) is 0 Å². The Morgan fingerprint density at radius 1 is 1.05 bits per heavy atom. The quantitative estimate of drug-likeness (QED) is 0.832. The lowest BCUT2D eigenvalue weighted by molar-refractivity contribution is -0.119. The molecule has 2 aromatic carbocycles. The van der Waals surface area contributed by atoms with E-state index in [1.807, 2.05) is 12.1 Å². The van der Waals surface area contributed by atoms with Crippen LogP contribution >= 0.6 is 0 Å². The number of hydrogen-bond acceptors (Lipinski definition) is 4. The molecule has 2 rings (SSSR count). The number of carbonyl (C=O) groups excluding carboxylic acids is 2. The molecule has 0 unspecified atom stereocenters. The molecule has 2 N–H and O–H groups in total. The van der Waals surface area contributed by atoms with Crippen LogP contribution in [0.2, 0.25) is 0 Å². The van der Waals surface area contributed by atoms with Crippen molar-refractivity contribution in [2.75, 3.05) is 11.9 Å². The van der Waals surface area contributed by atoms with Gasteiger partial charge in [-0.2, -0.15) is 0 Å². The van der Waals surface area contributed by atoms with Gasteiger partial charge in [0, 0.05) is 5.69 Å². The molecule has 0 atom stereocenters. The van der Waals surface area contributed by atoms with E-state index in [1.165, 1.54) is 29.8 Å². The average Bonchev–Trinajstić information content (AvgIpc) is 2.54. The van der Waals surface area contributed by atoms with Gasteiger partial charge in [-0.25, -0.2) is 4.79 Å². The third kappa shape index (κ3) is 4.34. The minimum Gasteiger partial charge on any atom is -0.508 e. The number of rotatable bonds is 5. The Labute approximate surface area is 128 Å². The van der Waals surface area contributed by atoms with Crippen LogP contribution in [0.15, 0.2) is 48.5 Å². The molecule has 114 valence electrons. The van der Waals surface area contributed by atoms with Gasteiger partial charge in [0.05, 0.1) is 5.56 Å². The summed E-state index contributed by atoms with van der Waals surface area (Å²) in [6, 6.07) is 13.1. The van der Waals surface area contributed by atoms with Gasteiger partial charge in [0.25, 0.3) is 5.91 Å². The number of carbonyl (C=O) groups is 2. The Balaban J connectivity index is 1.84. The maximum absolute atomic E-state index is 11.7. The molecular weight excluding hydrogens is 282 g/mol. The third-order valence-corrected chi connectivity index (χ3v) is 3.08. The van der Waals surface area contributed by atoms with E-state index in [-0.39, 0.29) is 17.9 Å². The molecule has 2 aromatic rings. The largest absolute Gasteiger partial charge is 0.508 e.